The van der Waals surface area contributed by atoms with Crippen LogP contribution in [0.2, 0.25) is 0 Å². The van der Waals surface area contributed by atoms with Gasteiger partial charge in [0.05, 0.1) is 11.4 Å². The molecule has 0 aromatic rings. The fourth-order valence-corrected chi connectivity index (χ4v) is 1.19. The predicted octanol–water partition coefficient (Wildman–Crippen LogP) is 2.57. The molecule has 0 atom stereocenters. The van der Waals surface area contributed by atoms with E-state index in [2.05, 4.69) is 16.6 Å². The Bertz CT molecular complexity index is 387. The summed E-state index contributed by atoms with van der Waals surface area (Å²) in [5.41, 5.74) is 2.28. The van der Waals surface area contributed by atoms with Gasteiger partial charge in [0, 0.05) is 26.0 Å². The molecule has 0 saturated carbocycles. The summed E-state index contributed by atoms with van der Waals surface area (Å²) in [6.07, 6.45) is 5.41. The highest BCUT2D eigenvalue weighted by Crippen LogP contribution is 2.18. The standard InChI is InChI=1S/C11H14ClN3/c1-8-7-10(9(2)13-8)14-11(12)5-6-15(3)4/h5-7H,2H2,1,3-4H3/b6-5+,14-11?. The normalized spacial score (nSPS) is 17.1. The SMILES string of the molecule is C=C1N=C(C)C=C1N=C(Cl)/C=C/N(C)C. The van der Waals surface area contributed by atoms with Crippen molar-refractivity contribution in [3.8, 4) is 0 Å². The lowest BCUT2D eigenvalue weighted by molar-refractivity contribution is 0.564. The van der Waals surface area contributed by atoms with Gasteiger partial charge in [-0.3, -0.25) is 4.99 Å². The molecule has 0 spiro atoms. The number of aliphatic imine (C=N–C) groups is 2. The molecule has 0 unspecified atom stereocenters. The van der Waals surface area contributed by atoms with Crippen molar-refractivity contribution in [2.24, 2.45) is 9.98 Å². The molecule has 1 aliphatic heterocycles. The summed E-state index contributed by atoms with van der Waals surface area (Å²) in [5, 5.41) is 0.418. The number of nitrogens with zero attached hydrogens (tertiary/aromatic N) is 3. The van der Waals surface area contributed by atoms with Gasteiger partial charge in [-0.1, -0.05) is 18.2 Å². The van der Waals surface area contributed by atoms with E-state index in [1.165, 1.54) is 0 Å². The molecular weight excluding hydrogens is 210 g/mol. The first-order chi connectivity index (χ1) is 6.99. The van der Waals surface area contributed by atoms with E-state index in [1.54, 1.807) is 6.08 Å². The average Bonchev–Trinajstić information content (AvgIpc) is 2.42. The number of hydrogen-bond acceptors (Lipinski definition) is 3. The molecule has 0 radical (unpaired) electrons. The Morgan fingerprint density at radius 3 is 2.73 bits per heavy atom. The maximum absolute atomic E-state index is 5.92. The summed E-state index contributed by atoms with van der Waals surface area (Å²) < 4.78 is 0. The number of allylic oxidation sites excluding steroid dienone is 2. The van der Waals surface area contributed by atoms with Crippen molar-refractivity contribution in [3.63, 3.8) is 0 Å². The van der Waals surface area contributed by atoms with E-state index in [-0.39, 0.29) is 0 Å². The van der Waals surface area contributed by atoms with Gasteiger partial charge >= 0.3 is 0 Å². The third-order valence-corrected chi connectivity index (χ3v) is 1.90. The number of halogens is 1. The summed E-state index contributed by atoms with van der Waals surface area (Å²) in [5.74, 6) is 0. The summed E-state index contributed by atoms with van der Waals surface area (Å²) >= 11 is 5.92. The van der Waals surface area contributed by atoms with Gasteiger partial charge in [0.2, 0.25) is 0 Å². The van der Waals surface area contributed by atoms with Gasteiger partial charge < -0.3 is 4.90 Å². The third kappa shape index (κ3) is 3.72. The van der Waals surface area contributed by atoms with Gasteiger partial charge in [-0.25, -0.2) is 4.99 Å². The van der Waals surface area contributed by atoms with Crippen molar-refractivity contribution >= 4 is 22.5 Å². The highest BCUT2D eigenvalue weighted by Gasteiger charge is 2.08. The largest absolute Gasteiger partial charge is 0.383 e. The lowest BCUT2D eigenvalue weighted by atomic mass is 10.3. The topological polar surface area (TPSA) is 28.0 Å². The van der Waals surface area contributed by atoms with Crippen LogP contribution in [0.25, 0.3) is 0 Å². The number of rotatable bonds is 3. The molecule has 0 N–H and O–H groups in total. The first kappa shape index (κ1) is 11.7. The monoisotopic (exact) mass is 223 g/mol. The minimum absolute atomic E-state index is 0.418. The predicted molar refractivity (Wildman–Crippen MR) is 66.4 cm³/mol. The van der Waals surface area contributed by atoms with Crippen molar-refractivity contribution in [1.29, 1.82) is 0 Å². The highest BCUT2D eigenvalue weighted by molar-refractivity contribution is 6.68. The van der Waals surface area contributed by atoms with Crippen molar-refractivity contribution < 1.29 is 0 Å². The Morgan fingerprint density at radius 1 is 1.60 bits per heavy atom. The van der Waals surface area contributed by atoms with E-state index >= 15 is 0 Å². The third-order valence-electron chi connectivity index (χ3n) is 1.69. The summed E-state index contributed by atoms with van der Waals surface area (Å²) in [7, 11) is 3.84. The van der Waals surface area contributed by atoms with Crippen molar-refractivity contribution in [3.05, 3.63) is 36.3 Å². The summed E-state index contributed by atoms with van der Waals surface area (Å²) in [4.78, 5) is 10.2. The van der Waals surface area contributed by atoms with Crippen LogP contribution < -0.4 is 0 Å². The Balaban J connectivity index is 2.73. The van der Waals surface area contributed by atoms with Crippen molar-refractivity contribution in [2.75, 3.05) is 14.1 Å². The zero-order valence-corrected chi connectivity index (χ0v) is 9.91. The quantitative estimate of drug-likeness (QED) is 0.676. The Kier molecular flexibility index (Phi) is 3.86. The zero-order chi connectivity index (χ0) is 11.4. The fourth-order valence-electron chi connectivity index (χ4n) is 1.04. The molecule has 4 heteroatoms. The van der Waals surface area contributed by atoms with Gasteiger partial charge in [0.25, 0.3) is 0 Å². The fraction of sp³-hybridized carbons (Fsp3) is 0.273. The lowest BCUT2D eigenvalue weighted by Crippen LogP contribution is -2.01. The molecule has 1 rings (SSSR count). The molecule has 0 bridgehead atoms. The van der Waals surface area contributed by atoms with Crippen molar-refractivity contribution in [1.82, 2.24) is 4.90 Å². The van der Waals surface area contributed by atoms with Gasteiger partial charge in [-0.2, -0.15) is 0 Å². The smallest absolute Gasteiger partial charge is 0.131 e. The van der Waals surface area contributed by atoms with Crippen LogP contribution in [0.4, 0.5) is 0 Å². The Morgan fingerprint density at radius 2 is 2.27 bits per heavy atom. The number of hydrogen-bond donors (Lipinski definition) is 0. The second-order valence-electron chi connectivity index (χ2n) is 3.44. The minimum atomic E-state index is 0.418. The first-order valence-electron chi connectivity index (χ1n) is 4.54. The van der Waals surface area contributed by atoms with Gasteiger partial charge in [0.1, 0.15) is 5.17 Å². The molecule has 1 heterocycles. The van der Waals surface area contributed by atoms with Crippen LogP contribution in [0.5, 0.6) is 0 Å². The average molecular weight is 224 g/mol. The lowest BCUT2D eigenvalue weighted by Gasteiger charge is -2.02. The minimum Gasteiger partial charge on any atom is -0.383 e. The molecule has 15 heavy (non-hydrogen) atoms. The van der Waals surface area contributed by atoms with Crippen LogP contribution in [-0.4, -0.2) is 29.9 Å². The van der Waals surface area contributed by atoms with E-state index in [0.717, 1.165) is 11.4 Å². The van der Waals surface area contributed by atoms with E-state index in [1.807, 2.05) is 38.2 Å². The molecule has 1 aliphatic rings. The van der Waals surface area contributed by atoms with Crippen molar-refractivity contribution in [2.45, 2.75) is 6.92 Å². The van der Waals surface area contributed by atoms with Crippen LogP contribution in [0, 0.1) is 0 Å². The van der Waals surface area contributed by atoms with E-state index in [9.17, 15) is 0 Å². The van der Waals surface area contributed by atoms with Crippen LogP contribution in [0.1, 0.15) is 6.92 Å². The van der Waals surface area contributed by atoms with Crippen LogP contribution in [0.15, 0.2) is 46.3 Å². The van der Waals surface area contributed by atoms with Crippen LogP contribution in [-0.2, 0) is 0 Å². The Labute approximate surface area is 95.2 Å². The zero-order valence-electron chi connectivity index (χ0n) is 9.16. The molecular formula is C11H14ClN3. The first-order valence-corrected chi connectivity index (χ1v) is 4.92. The van der Waals surface area contributed by atoms with Gasteiger partial charge in [0.15, 0.2) is 0 Å². The van der Waals surface area contributed by atoms with Gasteiger partial charge in [-0.15, -0.1) is 0 Å². The summed E-state index contributed by atoms with van der Waals surface area (Å²) in [6.45, 7) is 5.68. The molecule has 3 nitrogen and oxygen atoms in total. The molecule has 0 aromatic heterocycles. The molecule has 0 fully saturated rings. The van der Waals surface area contributed by atoms with Crippen LogP contribution >= 0.6 is 11.6 Å². The maximum atomic E-state index is 5.92. The second-order valence-corrected chi connectivity index (χ2v) is 3.83. The highest BCUT2D eigenvalue weighted by atomic mass is 35.5. The van der Waals surface area contributed by atoms with Gasteiger partial charge in [-0.05, 0) is 19.1 Å². The Hall–Kier alpha value is -1.35. The summed E-state index contributed by atoms with van der Waals surface area (Å²) in [6, 6.07) is 0. The molecule has 0 aromatic carbocycles. The van der Waals surface area contributed by atoms with E-state index < -0.39 is 0 Å². The molecule has 0 amide bonds. The second kappa shape index (κ2) is 4.94. The van der Waals surface area contributed by atoms with Crippen LogP contribution in [0.3, 0.4) is 0 Å². The van der Waals surface area contributed by atoms with E-state index in [4.69, 9.17) is 11.6 Å². The molecule has 0 aliphatic carbocycles. The van der Waals surface area contributed by atoms with E-state index in [0.29, 0.717) is 10.9 Å². The maximum Gasteiger partial charge on any atom is 0.131 e. The molecule has 0 saturated heterocycles. The molecule has 80 valence electrons.